The fraction of sp³-hybridized carbons (Fsp3) is 0.522. The van der Waals surface area contributed by atoms with Gasteiger partial charge in [0, 0.05) is 19.6 Å². The number of amides is 1. The van der Waals surface area contributed by atoms with Gasteiger partial charge in [-0.2, -0.15) is 0 Å². The van der Waals surface area contributed by atoms with Gasteiger partial charge in [0.25, 0.3) is 5.56 Å². The van der Waals surface area contributed by atoms with E-state index < -0.39 is 11.2 Å². The number of anilines is 2. The Kier molecular flexibility index (Phi) is 8.65. The average Bonchev–Trinajstić information content (AvgIpc) is 2.70. The van der Waals surface area contributed by atoms with Gasteiger partial charge in [-0.25, -0.2) is 4.79 Å². The van der Waals surface area contributed by atoms with Crippen molar-refractivity contribution in [2.24, 2.45) is 0 Å². The monoisotopic (exact) mass is 445 g/mol. The minimum atomic E-state index is -0.653. The molecule has 2 rings (SSSR count). The van der Waals surface area contributed by atoms with Crippen molar-refractivity contribution in [3.8, 4) is 5.75 Å². The second kappa shape index (κ2) is 11.0. The number of benzene rings is 1. The van der Waals surface area contributed by atoms with Crippen molar-refractivity contribution in [3.63, 3.8) is 0 Å². The molecule has 0 unspecified atom stereocenters. The third kappa shape index (κ3) is 5.59. The second-order valence-corrected chi connectivity index (χ2v) is 8.07. The van der Waals surface area contributed by atoms with Gasteiger partial charge in [-0.3, -0.25) is 24.0 Å². The van der Waals surface area contributed by atoms with Crippen LogP contribution in [0.1, 0.15) is 43.4 Å². The summed E-state index contributed by atoms with van der Waals surface area (Å²) in [6.45, 7) is 9.02. The zero-order valence-corrected chi connectivity index (χ0v) is 19.9. The smallest absolute Gasteiger partial charge is 0.330 e. The molecule has 2 aromatic rings. The molecule has 1 aromatic carbocycles. The molecule has 0 atom stereocenters. The van der Waals surface area contributed by atoms with Crippen molar-refractivity contribution in [2.75, 3.05) is 37.9 Å². The largest absolute Gasteiger partial charge is 0.496 e. The number of unbranched alkanes of at least 4 members (excludes halogenated alkanes) is 1. The lowest BCUT2D eigenvalue weighted by Crippen LogP contribution is -2.44. The van der Waals surface area contributed by atoms with Crippen LogP contribution >= 0.6 is 0 Å². The number of nitrogens with one attached hydrogen (secondary N) is 1. The van der Waals surface area contributed by atoms with E-state index in [4.69, 9.17) is 10.5 Å². The van der Waals surface area contributed by atoms with Crippen LogP contribution in [0.3, 0.4) is 0 Å². The first-order chi connectivity index (χ1) is 15.1. The number of nitrogens with two attached hydrogens (primary N) is 1. The van der Waals surface area contributed by atoms with Crippen LogP contribution in [-0.4, -0.2) is 47.6 Å². The number of aromatic amines is 1. The second-order valence-electron chi connectivity index (χ2n) is 8.07. The van der Waals surface area contributed by atoms with Crippen molar-refractivity contribution in [1.29, 1.82) is 0 Å². The number of rotatable bonds is 10. The Balaban J connectivity index is 2.25. The molecular formula is C23H35N5O4. The number of hydrogen-bond donors (Lipinski definition) is 2. The number of likely N-dealkylation sites (N-methyl/N-ethyl adjacent to an activating group) is 2. The van der Waals surface area contributed by atoms with Gasteiger partial charge >= 0.3 is 5.69 Å². The quantitative estimate of drug-likeness (QED) is 0.578. The summed E-state index contributed by atoms with van der Waals surface area (Å²) in [5, 5.41) is 0. The Morgan fingerprint density at radius 2 is 1.81 bits per heavy atom. The molecule has 0 aliphatic carbocycles. The maximum Gasteiger partial charge on any atom is 0.330 e. The van der Waals surface area contributed by atoms with Crippen LogP contribution in [0.25, 0.3) is 0 Å². The number of ether oxygens (including phenoxy) is 1. The van der Waals surface area contributed by atoms with Gasteiger partial charge in [0.1, 0.15) is 11.6 Å². The summed E-state index contributed by atoms with van der Waals surface area (Å²) in [7, 11) is 3.49. The van der Waals surface area contributed by atoms with Crippen LogP contribution in [0.4, 0.5) is 11.5 Å². The number of nitrogen functional groups attached to an aromatic ring is 1. The summed E-state index contributed by atoms with van der Waals surface area (Å²) in [5.74, 6) is 0.610. The predicted octanol–water partition coefficient (Wildman–Crippen LogP) is 2.03. The SMILES string of the molecule is CCCCn1c(N)c(N(CC)C(=O)CN(C)Cc2cc(C)c(OC)c(C)c2)c(=O)[nH]c1=O. The van der Waals surface area contributed by atoms with E-state index in [9.17, 15) is 14.4 Å². The van der Waals surface area contributed by atoms with Crippen molar-refractivity contribution in [2.45, 2.75) is 53.6 Å². The molecule has 0 fully saturated rings. The number of carbonyl (C=O) groups is 1. The highest BCUT2D eigenvalue weighted by Gasteiger charge is 2.24. The zero-order chi connectivity index (χ0) is 24.0. The highest BCUT2D eigenvalue weighted by Crippen LogP contribution is 2.25. The topological polar surface area (TPSA) is 114 Å². The van der Waals surface area contributed by atoms with E-state index in [1.807, 2.05) is 44.9 Å². The van der Waals surface area contributed by atoms with E-state index in [0.717, 1.165) is 35.3 Å². The fourth-order valence-corrected chi connectivity index (χ4v) is 3.97. The van der Waals surface area contributed by atoms with Gasteiger partial charge in [0.2, 0.25) is 5.91 Å². The zero-order valence-electron chi connectivity index (χ0n) is 19.9. The first kappa shape index (κ1) is 25.2. The Labute approximate surface area is 188 Å². The highest BCUT2D eigenvalue weighted by atomic mass is 16.5. The summed E-state index contributed by atoms with van der Waals surface area (Å²) in [5.41, 5.74) is 8.12. The van der Waals surface area contributed by atoms with Gasteiger partial charge in [-0.15, -0.1) is 0 Å². The fourth-order valence-electron chi connectivity index (χ4n) is 3.97. The minimum absolute atomic E-state index is 0.0199. The molecule has 0 saturated heterocycles. The predicted molar refractivity (Wildman–Crippen MR) is 127 cm³/mol. The average molecular weight is 446 g/mol. The summed E-state index contributed by atoms with van der Waals surface area (Å²) >= 11 is 0. The summed E-state index contributed by atoms with van der Waals surface area (Å²) < 4.78 is 6.74. The Morgan fingerprint density at radius 3 is 2.34 bits per heavy atom. The van der Waals surface area contributed by atoms with Crippen LogP contribution < -0.4 is 26.6 Å². The van der Waals surface area contributed by atoms with Crippen molar-refractivity contribution < 1.29 is 9.53 Å². The summed E-state index contributed by atoms with van der Waals surface area (Å²) in [4.78, 5) is 43.3. The molecule has 9 heteroatoms. The lowest BCUT2D eigenvalue weighted by molar-refractivity contribution is -0.119. The van der Waals surface area contributed by atoms with Gasteiger partial charge < -0.3 is 15.4 Å². The Bertz CT molecular complexity index is 1050. The highest BCUT2D eigenvalue weighted by molar-refractivity contribution is 5.96. The Morgan fingerprint density at radius 1 is 1.19 bits per heavy atom. The Hall–Kier alpha value is -3.07. The molecule has 1 aromatic heterocycles. The van der Waals surface area contributed by atoms with Crippen LogP contribution in [0.5, 0.6) is 5.75 Å². The van der Waals surface area contributed by atoms with Gasteiger partial charge in [0.15, 0.2) is 5.69 Å². The molecule has 0 radical (unpaired) electrons. The first-order valence-corrected chi connectivity index (χ1v) is 10.9. The molecule has 9 nitrogen and oxygen atoms in total. The number of carbonyl (C=O) groups excluding carboxylic acids is 1. The molecule has 0 spiro atoms. The molecule has 1 amide bonds. The first-order valence-electron chi connectivity index (χ1n) is 10.9. The van der Waals surface area contributed by atoms with E-state index in [0.29, 0.717) is 13.1 Å². The number of methoxy groups -OCH3 is 1. The molecule has 1 heterocycles. The van der Waals surface area contributed by atoms with Gasteiger partial charge in [-0.05, 0) is 50.9 Å². The molecule has 176 valence electrons. The standard InChI is InChI=1S/C23H35N5O4/c1-7-9-10-28-21(24)19(22(30)25-23(28)31)27(8-2)18(29)14-26(5)13-17-11-15(3)20(32-6)16(4)12-17/h11-12H,7-10,13-14,24H2,1-6H3,(H,25,30,31). The van der Waals surface area contributed by atoms with E-state index >= 15 is 0 Å². The third-order valence-electron chi connectivity index (χ3n) is 5.42. The number of aromatic nitrogens is 2. The lowest BCUT2D eigenvalue weighted by atomic mass is 10.1. The van der Waals surface area contributed by atoms with Crippen LogP contribution in [0.15, 0.2) is 21.7 Å². The van der Waals surface area contributed by atoms with E-state index in [1.165, 1.54) is 9.47 Å². The third-order valence-corrected chi connectivity index (χ3v) is 5.42. The number of nitrogens with zero attached hydrogens (tertiary/aromatic N) is 3. The van der Waals surface area contributed by atoms with Crippen molar-refractivity contribution >= 4 is 17.4 Å². The summed E-state index contributed by atoms with van der Waals surface area (Å²) in [6, 6.07) is 4.08. The van der Waals surface area contributed by atoms with Gasteiger partial charge in [0.05, 0.1) is 13.7 Å². The molecule has 0 bridgehead atoms. The summed E-state index contributed by atoms with van der Waals surface area (Å²) in [6.07, 6.45) is 1.60. The van der Waals surface area contributed by atoms with Gasteiger partial charge in [-0.1, -0.05) is 25.5 Å². The minimum Gasteiger partial charge on any atom is -0.496 e. The maximum atomic E-state index is 13.1. The molecule has 0 aliphatic rings. The number of hydrogen-bond acceptors (Lipinski definition) is 6. The maximum absolute atomic E-state index is 13.1. The molecule has 3 N–H and O–H groups in total. The van der Waals surface area contributed by atoms with Crippen molar-refractivity contribution in [1.82, 2.24) is 14.5 Å². The van der Waals surface area contributed by atoms with Crippen LogP contribution in [0.2, 0.25) is 0 Å². The van der Waals surface area contributed by atoms with Crippen molar-refractivity contribution in [3.05, 3.63) is 49.7 Å². The molecule has 0 aliphatic heterocycles. The molecule has 0 saturated carbocycles. The number of H-pyrrole nitrogens is 1. The van der Waals surface area contributed by atoms with E-state index in [-0.39, 0.29) is 30.5 Å². The number of aryl methyl sites for hydroxylation is 2. The molecule has 32 heavy (non-hydrogen) atoms. The molecular weight excluding hydrogens is 410 g/mol. The van der Waals surface area contributed by atoms with Crippen LogP contribution in [-0.2, 0) is 17.9 Å². The van der Waals surface area contributed by atoms with Crippen LogP contribution in [0, 0.1) is 13.8 Å². The van der Waals surface area contributed by atoms with E-state index in [2.05, 4.69) is 4.98 Å². The van der Waals surface area contributed by atoms with E-state index in [1.54, 1.807) is 14.0 Å². The lowest BCUT2D eigenvalue weighted by Gasteiger charge is -2.26. The normalized spacial score (nSPS) is 11.1.